The molecule has 210 valence electrons. The van der Waals surface area contributed by atoms with Crippen LogP contribution < -0.4 is 14.5 Å². The van der Waals surface area contributed by atoms with Gasteiger partial charge in [0.15, 0.2) is 0 Å². The molecule has 0 aliphatic carbocycles. The third kappa shape index (κ3) is 7.80. The van der Waals surface area contributed by atoms with Crippen LogP contribution in [0.2, 0.25) is 5.02 Å². The molecular weight excluding hydrogens is 516 g/mol. The number of halogens is 1. The molecule has 3 aliphatic heterocycles. The molecule has 0 saturated carbocycles. The van der Waals surface area contributed by atoms with Gasteiger partial charge in [0.2, 0.25) is 5.91 Å². The molecule has 5 heterocycles. The molecule has 3 aliphatic rings. The molecule has 39 heavy (non-hydrogen) atoms. The highest BCUT2D eigenvalue weighted by Crippen LogP contribution is 2.33. The summed E-state index contributed by atoms with van der Waals surface area (Å²) >= 11 is 6.28. The Morgan fingerprint density at radius 1 is 1.10 bits per heavy atom. The Kier molecular flexibility index (Phi) is 11.3. The SMILES string of the molecule is C=CC(=O)N1CCN(c2nc(OC)nc3c2CCN(c2cncc(Cl)c2C)C3)CC1.CC#N.CN1CCCC1. The van der Waals surface area contributed by atoms with Gasteiger partial charge in [0.25, 0.3) is 0 Å². The Balaban J connectivity index is 0.000000400. The van der Waals surface area contributed by atoms with Crippen molar-refractivity contribution in [3.63, 3.8) is 0 Å². The largest absolute Gasteiger partial charge is 0.467 e. The number of carbonyl (C=O) groups is 1. The first-order chi connectivity index (χ1) is 18.8. The first-order valence-corrected chi connectivity index (χ1v) is 13.6. The zero-order chi connectivity index (χ0) is 28.4. The number of methoxy groups -OCH3 is 1. The highest BCUT2D eigenvalue weighted by molar-refractivity contribution is 6.31. The number of rotatable bonds is 4. The van der Waals surface area contributed by atoms with Crippen LogP contribution in [0.25, 0.3) is 0 Å². The fraction of sp³-hybridized carbons (Fsp3) is 0.536. The number of hydrogen-bond donors (Lipinski definition) is 0. The molecule has 0 spiro atoms. The normalized spacial score (nSPS) is 16.7. The number of carbonyl (C=O) groups excluding carboxylic acids is 1. The average Bonchev–Trinajstić information content (AvgIpc) is 3.44. The molecule has 2 aromatic rings. The van der Waals surface area contributed by atoms with Crippen LogP contribution in [0.4, 0.5) is 11.5 Å². The number of aromatic nitrogens is 3. The van der Waals surface area contributed by atoms with Gasteiger partial charge in [-0.1, -0.05) is 18.2 Å². The summed E-state index contributed by atoms with van der Waals surface area (Å²) in [6, 6.07) is 2.11. The van der Waals surface area contributed by atoms with Gasteiger partial charge in [0.05, 0.1) is 42.3 Å². The van der Waals surface area contributed by atoms with Crippen LogP contribution in [-0.4, -0.2) is 90.6 Å². The van der Waals surface area contributed by atoms with Crippen LogP contribution in [0.5, 0.6) is 6.01 Å². The van der Waals surface area contributed by atoms with E-state index in [4.69, 9.17) is 21.6 Å². The van der Waals surface area contributed by atoms with E-state index in [0.29, 0.717) is 43.8 Å². The molecule has 1 amide bonds. The van der Waals surface area contributed by atoms with Crippen LogP contribution in [-0.2, 0) is 17.8 Å². The second-order valence-corrected chi connectivity index (χ2v) is 10.1. The predicted molar refractivity (Wildman–Crippen MR) is 154 cm³/mol. The highest BCUT2D eigenvalue weighted by atomic mass is 35.5. The Labute approximate surface area is 236 Å². The summed E-state index contributed by atoms with van der Waals surface area (Å²) in [5.41, 5.74) is 4.12. The van der Waals surface area contributed by atoms with E-state index in [-0.39, 0.29) is 5.91 Å². The summed E-state index contributed by atoms with van der Waals surface area (Å²) in [5, 5.41) is 7.98. The second kappa shape index (κ2) is 14.7. The number of anilines is 2. The lowest BCUT2D eigenvalue weighted by atomic mass is 10.0. The molecule has 10 nitrogen and oxygen atoms in total. The Morgan fingerprint density at radius 3 is 2.33 bits per heavy atom. The number of fused-ring (bicyclic) bond motifs is 1. The van der Waals surface area contributed by atoms with E-state index in [1.807, 2.05) is 18.0 Å². The van der Waals surface area contributed by atoms with Crippen molar-refractivity contribution in [3.8, 4) is 12.1 Å². The van der Waals surface area contributed by atoms with Gasteiger partial charge in [-0.15, -0.1) is 0 Å². The molecule has 0 unspecified atom stereocenters. The van der Waals surface area contributed by atoms with E-state index in [9.17, 15) is 4.79 Å². The molecule has 0 N–H and O–H groups in total. The fourth-order valence-electron chi connectivity index (χ4n) is 4.90. The zero-order valence-corrected chi connectivity index (χ0v) is 24.2. The van der Waals surface area contributed by atoms with Gasteiger partial charge in [0.1, 0.15) is 5.82 Å². The summed E-state index contributed by atoms with van der Waals surface area (Å²) in [4.78, 5) is 34.1. The van der Waals surface area contributed by atoms with Gasteiger partial charge in [-0.2, -0.15) is 15.2 Å². The van der Waals surface area contributed by atoms with Crippen LogP contribution in [0.15, 0.2) is 25.0 Å². The van der Waals surface area contributed by atoms with E-state index in [0.717, 1.165) is 41.3 Å². The summed E-state index contributed by atoms with van der Waals surface area (Å²) in [7, 11) is 3.75. The maximum atomic E-state index is 11.9. The molecule has 0 bridgehead atoms. The summed E-state index contributed by atoms with van der Waals surface area (Å²) in [6.45, 7) is 13.8. The van der Waals surface area contributed by atoms with Crippen LogP contribution in [0, 0.1) is 18.3 Å². The molecular formula is C28H39ClN8O2. The third-order valence-electron chi connectivity index (χ3n) is 7.07. The summed E-state index contributed by atoms with van der Waals surface area (Å²) < 4.78 is 5.39. The maximum Gasteiger partial charge on any atom is 0.318 e. The number of nitrogens with zero attached hydrogens (tertiary/aromatic N) is 8. The molecule has 0 radical (unpaired) electrons. The molecule has 2 fully saturated rings. The van der Waals surface area contributed by atoms with Crippen LogP contribution in [0.3, 0.4) is 0 Å². The van der Waals surface area contributed by atoms with Gasteiger partial charge < -0.3 is 24.3 Å². The van der Waals surface area contributed by atoms with Gasteiger partial charge in [-0.3, -0.25) is 9.78 Å². The lowest BCUT2D eigenvalue weighted by molar-refractivity contribution is -0.126. The number of piperazine rings is 1. The van der Waals surface area contributed by atoms with Crippen molar-refractivity contribution >= 4 is 29.0 Å². The standard InChI is InChI=1S/C21H25ClN6O2.C5H11N.C2H3N/c1-4-19(29)26-7-9-27(10-8-26)20-15-5-6-28(13-17(15)24-21(25-20)30-3)18-12-23-11-16(22)14(18)2;1-6-4-2-3-5-6;1-2-3/h4,11-12H,1,5-10,13H2,2-3H3;2-5H2,1H3;1H3. The lowest BCUT2D eigenvalue weighted by Gasteiger charge is -2.38. The van der Waals surface area contributed by atoms with Crippen LogP contribution >= 0.6 is 11.6 Å². The second-order valence-electron chi connectivity index (χ2n) is 9.65. The van der Waals surface area contributed by atoms with Crippen molar-refractivity contribution in [2.75, 3.05) is 69.8 Å². The van der Waals surface area contributed by atoms with Crippen molar-refractivity contribution in [3.05, 3.63) is 46.9 Å². The minimum Gasteiger partial charge on any atom is -0.467 e. The Morgan fingerprint density at radius 2 is 1.77 bits per heavy atom. The highest BCUT2D eigenvalue weighted by Gasteiger charge is 2.29. The van der Waals surface area contributed by atoms with Crippen molar-refractivity contribution in [1.82, 2.24) is 24.8 Å². The van der Waals surface area contributed by atoms with Crippen molar-refractivity contribution in [1.29, 1.82) is 5.26 Å². The monoisotopic (exact) mass is 554 g/mol. The van der Waals surface area contributed by atoms with Crippen molar-refractivity contribution in [2.45, 2.75) is 39.7 Å². The van der Waals surface area contributed by atoms with Gasteiger partial charge in [-0.25, -0.2) is 0 Å². The zero-order valence-electron chi connectivity index (χ0n) is 23.5. The number of ether oxygens (including phenoxy) is 1. The molecule has 11 heteroatoms. The Hall–Kier alpha value is -3.42. The van der Waals surface area contributed by atoms with E-state index < -0.39 is 0 Å². The smallest absolute Gasteiger partial charge is 0.318 e. The van der Waals surface area contributed by atoms with E-state index >= 15 is 0 Å². The molecule has 2 aromatic heterocycles. The average molecular weight is 555 g/mol. The Bertz CT molecular complexity index is 1170. The number of amides is 1. The molecule has 0 atom stereocenters. The summed E-state index contributed by atoms with van der Waals surface area (Å²) in [5.74, 6) is 0.876. The van der Waals surface area contributed by atoms with E-state index in [1.54, 1.807) is 19.4 Å². The number of likely N-dealkylation sites (tertiary alicyclic amines) is 1. The fourth-order valence-corrected chi connectivity index (χ4v) is 5.05. The number of nitriles is 1. The topological polar surface area (TPSA) is 102 Å². The quantitative estimate of drug-likeness (QED) is 0.525. The van der Waals surface area contributed by atoms with Gasteiger partial charge in [0, 0.05) is 51.4 Å². The summed E-state index contributed by atoms with van der Waals surface area (Å²) in [6.07, 6.45) is 8.52. The maximum absolute atomic E-state index is 11.9. The van der Waals surface area contributed by atoms with Crippen LogP contribution in [0.1, 0.15) is 36.6 Å². The van der Waals surface area contributed by atoms with Crippen molar-refractivity contribution in [2.24, 2.45) is 0 Å². The minimum atomic E-state index is -0.0295. The number of hydrogen-bond acceptors (Lipinski definition) is 9. The lowest BCUT2D eigenvalue weighted by Crippen LogP contribution is -2.49. The first kappa shape index (κ1) is 30.1. The first-order valence-electron chi connectivity index (χ1n) is 13.3. The minimum absolute atomic E-state index is 0.0295. The number of pyridine rings is 1. The predicted octanol–water partition coefficient (Wildman–Crippen LogP) is 3.48. The van der Waals surface area contributed by atoms with Gasteiger partial charge >= 0.3 is 6.01 Å². The molecule has 5 rings (SSSR count). The van der Waals surface area contributed by atoms with E-state index in [2.05, 4.69) is 43.3 Å². The molecule has 2 saturated heterocycles. The van der Waals surface area contributed by atoms with Gasteiger partial charge in [-0.05, 0) is 58.0 Å². The van der Waals surface area contributed by atoms with Crippen molar-refractivity contribution < 1.29 is 9.53 Å². The van der Waals surface area contributed by atoms with E-state index in [1.165, 1.54) is 38.9 Å². The third-order valence-corrected chi connectivity index (χ3v) is 7.45. The molecule has 0 aromatic carbocycles.